The summed E-state index contributed by atoms with van der Waals surface area (Å²) in [5.74, 6) is 3.87. The molecule has 5 nitrogen and oxygen atoms in total. The van der Waals surface area contributed by atoms with Gasteiger partial charge in [-0.05, 0) is 51.7 Å². The molecule has 3 aromatic rings. The van der Waals surface area contributed by atoms with Gasteiger partial charge in [0.15, 0.2) is 0 Å². The van der Waals surface area contributed by atoms with Crippen LogP contribution in [-0.4, -0.2) is 26.1 Å². The molecule has 5 rings (SSSR count). The van der Waals surface area contributed by atoms with E-state index in [0.29, 0.717) is 12.0 Å². The second-order valence-electron chi connectivity index (χ2n) is 7.55. The van der Waals surface area contributed by atoms with Crippen LogP contribution in [0, 0.1) is 6.92 Å². The number of benzene rings is 1. The third-order valence-corrected chi connectivity index (χ3v) is 5.65. The monoisotopic (exact) mass is 347 g/mol. The van der Waals surface area contributed by atoms with Crippen LogP contribution in [-0.2, 0) is 6.54 Å². The molecule has 0 radical (unpaired) electrons. The summed E-state index contributed by atoms with van der Waals surface area (Å²) in [5.41, 5.74) is 3.40. The molecule has 0 bridgehead atoms. The first-order valence-electron chi connectivity index (χ1n) is 9.82. The Bertz CT molecular complexity index is 956. The molecule has 0 N–H and O–H groups in total. The van der Waals surface area contributed by atoms with Gasteiger partial charge in [0.2, 0.25) is 0 Å². The van der Waals surface area contributed by atoms with Crippen molar-refractivity contribution in [1.29, 1.82) is 0 Å². The minimum atomic E-state index is 0.295. The van der Waals surface area contributed by atoms with Gasteiger partial charge in [0.1, 0.15) is 17.5 Å². The van der Waals surface area contributed by atoms with Crippen LogP contribution < -0.4 is 4.90 Å². The summed E-state index contributed by atoms with van der Waals surface area (Å²) < 4.78 is 2.37. The fourth-order valence-electron chi connectivity index (χ4n) is 4.24. The molecule has 1 saturated carbocycles. The third-order valence-electron chi connectivity index (χ3n) is 5.65. The van der Waals surface area contributed by atoms with Gasteiger partial charge < -0.3 is 9.47 Å². The fraction of sp³-hybridized carbons (Fsp3) is 0.476. The standard InChI is InChI=1S/C21H25N5/c1-3-25-17-8-5-4-7-16(17)23-21(25)18-9-6-12-26(18)19-13-14(2)22-20(24-19)15-10-11-15/h4-5,7-8,13,15,18H,3,6,9-12H2,1-2H3/t18-/m0/s1. The SMILES string of the molecule is CCn1c([C@@H]2CCCN2c2cc(C)nc(C3CC3)n2)nc2ccccc21. The van der Waals surface area contributed by atoms with E-state index in [0.717, 1.165) is 42.4 Å². The molecule has 134 valence electrons. The highest BCUT2D eigenvalue weighted by Crippen LogP contribution is 2.40. The number of nitrogens with zero attached hydrogens (tertiary/aromatic N) is 5. The van der Waals surface area contributed by atoms with Crippen molar-refractivity contribution in [2.45, 2.75) is 58.0 Å². The van der Waals surface area contributed by atoms with Crippen molar-refractivity contribution in [2.75, 3.05) is 11.4 Å². The maximum absolute atomic E-state index is 5.01. The average molecular weight is 347 g/mol. The number of rotatable bonds is 4. The minimum Gasteiger partial charge on any atom is -0.346 e. The lowest BCUT2D eigenvalue weighted by Gasteiger charge is -2.26. The van der Waals surface area contributed by atoms with Crippen LogP contribution >= 0.6 is 0 Å². The Morgan fingerprint density at radius 2 is 1.92 bits per heavy atom. The molecule has 3 heterocycles. The molecule has 2 aliphatic rings. The average Bonchev–Trinajstić information content (AvgIpc) is 3.27. The van der Waals surface area contributed by atoms with Gasteiger partial charge in [-0.3, -0.25) is 0 Å². The van der Waals surface area contributed by atoms with Crippen molar-refractivity contribution < 1.29 is 0 Å². The highest BCUT2D eigenvalue weighted by atomic mass is 15.3. The molecule has 0 amide bonds. The Hall–Kier alpha value is -2.43. The second-order valence-corrected chi connectivity index (χ2v) is 7.55. The molecule has 0 spiro atoms. The second kappa shape index (κ2) is 6.08. The third kappa shape index (κ3) is 2.57. The maximum atomic E-state index is 5.01. The number of aryl methyl sites for hydroxylation is 2. The molecule has 1 aliphatic heterocycles. The summed E-state index contributed by atoms with van der Waals surface area (Å²) in [4.78, 5) is 17.1. The lowest BCUT2D eigenvalue weighted by molar-refractivity contribution is 0.604. The molecule has 26 heavy (non-hydrogen) atoms. The Morgan fingerprint density at radius 3 is 2.73 bits per heavy atom. The number of anilines is 1. The first kappa shape index (κ1) is 15.8. The maximum Gasteiger partial charge on any atom is 0.134 e. The molecule has 1 aromatic carbocycles. The van der Waals surface area contributed by atoms with E-state index in [9.17, 15) is 0 Å². The number of para-hydroxylation sites is 2. The normalized spacial score (nSPS) is 20.2. The number of hydrogen-bond acceptors (Lipinski definition) is 4. The van der Waals surface area contributed by atoms with Gasteiger partial charge in [-0.2, -0.15) is 0 Å². The Morgan fingerprint density at radius 1 is 1.08 bits per heavy atom. The van der Waals surface area contributed by atoms with Crippen molar-refractivity contribution in [1.82, 2.24) is 19.5 Å². The zero-order chi connectivity index (χ0) is 17.7. The Balaban J connectivity index is 1.57. The van der Waals surface area contributed by atoms with E-state index < -0.39 is 0 Å². The summed E-state index contributed by atoms with van der Waals surface area (Å²) in [6.45, 7) is 6.27. The first-order valence-corrected chi connectivity index (χ1v) is 9.82. The van der Waals surface area contributed by atoms with E-state index in [1.807, 2.05) is 0 Å². The van der Waals surface area contributed by atoms with Crippen LogP contribution in [0.5, 0.6) is 0 Å². The highest BCUT2D eigenvalue weighted by molar-refractivity contribution is 5.76. The van der Waals surface area contributed by atoms with Gasteiger partial charge in [0.05, 0.1) is 17.1 Å². The molecule has 5 heteroatoms. The molecule has 0 unspecified atom stereocenters. The van der Waals surface area contributed by atoms with Gasteiger partial charge in [0.25, 0.3) is 0 Å². The summed E-state index contributed by atoms with van der Waals surface area (Å²) in [7, 11) is 0. The molecule has 2 aromatic heterocycles. The van der Waals surface area contributed by atoms with E-state index >= 15 is 0 Å². The smallest absolute Gasteiger partial charge is 0.134 e. The number of fused-ring (bicyclic) bond motifs is 1. The molecular formula is C21H25N5. The van der Waals surface area contributed by atoms with Crippen LogP contribution in [0.1, 0.15) is 61.9 Å². The van der Waals surface area contributed by atoms with Crippen molar-refractivity contribution in [3.05, 3.63) is 47.7 Å². The van der Waals surface area contributed by atoms with Crippen molar-refractivity contribution in [3.8, 4) is 0 Å². The lowest BCUT2D eigenvalue weighted by atomic mass is 10.2. The van der Waals surface area contributed by atoms with E-state index in [1.165, 1.54) is 30.6 Å². The fourth-order valence-corrected chi connectivity index (χ4v) is 4.24. The van der Waals surface area contributed by atoms with E-state index in [4.69, 9.17) is 9.97 Å². The highest BCUT2D eigenvalue weighted by Gasteiger charge is 2.33. The van der Waals surface area contributed by atoms with Gasteiger partial charge in [-0.25, -0.2) is 15.0 Å². The van der Waals surface area contributed by atoms with Crippen molar-refractivity contribution in [3.63, 3.8) is 0 Å². The zero-order valence-electron chi connectivity index (χ0n) is 15.5. The quantitative estimate of drug-likeness (QED) is 0.703. The minimum absolute atomic E-state index is 0.295. The Kier molecular flexibility index (Phi) is 3.69. The van der Waals surface area contributed by atoms with Crippen LogP contribution in [0.3, 0.4) is 0 Å². The molecule has 2 fully saturated rings. The van der Waals surface area contributed by atoms with E-state index in [2.05, 4.69) is 58.6 Å². The van der Waals surface area contributed by atoms with Crippen LogP contribution in [0.4, 0.5) is 5.82 Å². The summed E-state index contributed by atoms with van der Waals surface area (Å²) in [6.07, 6.45) is 4.78. The number of aromatic nitrogens is 4. The number of imidazole rings is 1. The van der Waals surface area contributed by atoms with Crippen LogP contribution in [0.25, 0.3) is 11.0 Å². The largest absolute Gasteiger partial charge is 0.346 e. The van der Waals surface area contributed by atoms with Crippen LogP contribution in [0.15, 0.2) is 30.3 Å². The van der Waals surface area contributed by atoms with Gasteiger partial charge in [-0.15, -0.1) is 0 Å². The van der Waals surface area contributed by atoms with Crippen LogP contribution in [0.2, 0.25) is 0 Å². The van der Waals surface area contributed by atoms with Gasteiger partial charge in [0, 0.05) is 30.8 Å². The van der Waals surface area contributed by atoms with E-state index in [-0.39, 0.29) is 0 Å². The molecular weight excluding hydrogens is 322 g/mol. The number of hydrogen-bond donors (Lipinski definition) is 0. The summed E-state index contributed by atoms with van der Waals surface area (Å²) in [5, 5.41) is 0. The molecule has 1 atom stereocenters. The van der Waals surface area contributed by atoms with Crippen molar-refractivity contribution in [2.24, 2.45) is 0 Å². The molecule has 1 aliphatic carbocycles. The van der Waals surface area contributed by atoms with Gasteiger partial charge >= 0.3 is 0 Å². The predicted octanol–water partition coefficient (Wildman–Crippen LogP) is 4.37. The Labute approximate surface area is 154 Å². The van der Waals surface area contributed by atoms with E-state index in [1.54, 1.807) is 0 Å². The summed E-state index contributed by atoms with van der Waals surface area (Å²) in [6, 6.07) is 10.9. The molecule has 1 saturated heterocycles. The predicted molar refractivity (Wildman–Crippen MR) is 103 cm³/mol. The summed E-state index contributed by atoms with van der Waals surface area (Å²) >= 11 is 0. The van der Waals surface area contributed by atoms with Crippen molar-refractivity contribution >= 4 is 16.9 Å². The topological polar surface area (TPSA) is 46.8 Å². The van der Waals surface area contributed by atoms with Gasteiger partial charge in [-0.1, -0.05) is 12.1 Å². The zero-order valence-corrected chi connectivity index (χ0v) is 15.5. The first-order chi connectivity index (χ1) is 12.7. The lowest BCUT2D eigenvalue weighted by Crippen LogP contribution is -2.26.